The van der Waals surface area contributed by atoms with E-state index in [0.29, 0.717) is 5.82 Å². The Balaban J connectivity index is 1.57. The van der Waals surface area contributed by atoms with Gasteiger partial charge in [-0.25, -0.2) is 0 Å². The van der Waals surface area contributed by atoms with Crippen molar-refractivity contribution in [1.82, 2.24) is 20.0 Å². The highest BCUT2D eigenvalue weighted by atomic mass is 16.5. The first-order chi connectivity index (χ1) is 12.3. The highest BCUT2D eigenvalue weighted by Gasteiger charge is 2.29. The molecule has 0 spiro atoms. The van der Waals surface area contributed by atoms with Crippen LogP contribution in [0.15, 0.2) is 53.3 Å². The predicted molar refractivity (Wildman–Crippen MR) is 95.7 cm³/mol. The summed E-state index contributed by atoms with van der Waals surface area (Å²) in [7, 11) is 0. The topological polar surface area (TPSA) is 55.1 Å². The summed E-state index contributed by atoms with van der Waals surface area (Å²) in [5.74, 6) is 1.36. The van der Waals surface area contributed by atoms with E-state index in [9.17, 15) is 0 Å². The van der Waals surface area contributed by atoms with Gasteiger partial charge in [-0.1, -0.05) is 35.8 Å². The van der Waals surface area contributed by atoms with E-state index in [1.807, 2.05) is 12.1 Å². The molecule has 3 aromatic rings. The normalized spacial score (nSPS) is 18.4. The minimum absolute atomic E-state index is 0.191. The Labute approximate surface area is 147 Å². The third-order valence-corrected chi connectivity index (χ3v) is 4.91. The first kappa shape index (κ1) is 16.0. The van der Waals surface area contributed by atoms with Crippen molar-refractivity contribution in [2.75, 3.05) is 6.54 Å². The lowest BCUT2D eigenvalue weighted by molar-refractivity contribution is 0.111. The SMILES string of the molecule is Cc1ccccc1CN1CCCC[C@@H]1c1nc(-c2ccncc2)no1. The number of aromatic nitrogens is 3. The molecule has 1 aliphatic rings. The average molecular weight is 334 g/mol. The van der Waals surface area contributed by atoms with Crippen molar-refractivity contribution in [3.63, 3.8) is 0 Å². The fraction of sp³-hybridized carbons (Fsp3) is 0.350. The molecule has 0 N–H and O–H groups in total. The highest BCUT2D eigenvalue weighted by molar-refractivity contribution is 5.52. The second-order valence-electron chi connectivity index (χ2n) is 6.60. The molecule has 3 heterocycles. The Kier molecular flexibility index (Phi) is 4.57. The van der Waals surface area contributed by atoms with Crippen molar-refractivity contribution in [1.29, 1.82) is 0 Å². The number of nitrogens with zero attached hydrogens (tertiary/aromatic N) is 4. The van der Waals surface area contributed by atoms with Gasteiger partial charge in [0.15, 0.2) is 0 Å². The largest absolute Gasteiger partial charge is 0.337 e. The van der Waals surface area contributed by atoms with Gasteiger partial charge < -0.3 is 4.52 Å². The number of hydrogen-bond acceptors (Lipinski definition) is 5. The van der Waals surface area contributed by atoms with Crippen molar-refractivity contribution in [3.8, 4) is 11.4 Å². The first-order valence-corrected chi connectivity index (χ1v) is 8.84. The van der Waals surface area contributed by atoms with E-state index in [1.165, 1.54) is 24.0 Å². The molecule has 0 saturated carbocycles. The van der Waals surface area contributed by atoms with Crippen molar-refractivity contribution < 1.29 is 4.52 Å². The molecule has 5 nitrogen and oxygen atoms in total. The van der Waals surface area contributed by atoms with E-state index in [0.717, 1.165) is 31.0 Å². The zero-order valence-corrected chi connectivity index (χ0v) is 14.4. The molecular formula is C20H22N4O. The van der Waals surface area contributed by atoms with E-state index < -0.39 is 0 Å². The lowest BCUT2D eigenvalue weighted by Crippen LogP contribution is -2.33. The maximum atomic E-state index is 5.63. The minimum Gasteiger partial charge on any atom is -0.337 e. The molecular weight excluding hydrogens is 312 g/mol. The standard InChI is InChI=1S/C20H22N4O/c1-15-6-2-3-7-17(15)14-24-13-5-4-8-18(24)20-22-19(23-25-20)16-9-11-21-12-10-16/h2-3,6-7,9-12,18H,4-5,8,13-14H2,1H3/t18-/m1/s1. The van der Waals surface area contributed by atoms with Gasteiger partial charge in [0, 0.05) is 24.5 Å². The molecule has 25 heavy (non-hydrogen) atoms. The molecule has 0 radical (unpaired) electrons. The molecule has 1 aliphatic heterocycles. The summed E-state index contributed by atoms with van der Waals surface area (Å²) in [4.78, 5) is 11.2. The monoisotopic (exact) mass is 334 g/mol. The number of benzene rings is 1. The molecule has 1 saturated heterocycles. The van der Waals surface area contributed by atoms with Crippen LogP contribution in [0.2, 0.25) is 0 Å². The van der Waals surface area contributed by atoms with Crippen LogP contribution in [0.3, 0.4) is 0 Å². The highest BCUT2D eigenvalue weighted by Crippen LogP contribution is 2.32. The average Bonchev–Trinajstić information content (AvgIpc) is 3.15. The molecule has 0 bridgehead atoms. The fourth-order valence-electron chi connectivity index (χ4n) is 3.45. The van der Waals surface area contributed by atoms with Crippen molar-refractivity contribution in [3.05, 3.63) is 65.8 Å². The third-order valence-electron chi connectivity index (χ3n) is 4.91. The number of aryl methyl sites for hydroxylation is 1. The molecule has 2 aromatic heterocycles. The quantitative estimate of drug-likeness (QED) is 0.717. The maximum absolute atomic E-state index is 5.63. The second-order valence-corrected chi connectivity index (χ2v) is 6.60. The van der Waals surface area contributed by atoms with E-state index in [2.05, 4.69) is 51.2 Å². The molecule has 128 valence electrons. The zero-order chi connectivity index (χ0) is 17.1. The predicted octanol–water partition coefficient (Wildman–Crippen LogP) is 4.17. The van der Waals surface area contributed by atoms with Gasteiger partial charge in [0.1, 0.15) is 0 Å². The maximum Gasteiger partial charge on any atom is 0.244 e. The van der Waals surface area contributed by atoms with Crippen molar-refractivity contribution in [2.24, 2.45) is 0 Å². The van der Waals surface area contributed by atoms with Crippen molar-refractivity contribution >= 4 is 0 Å². The number of pyridine rings is 1. The van der Waals surface area contributed by atoms with Crippen LogP contribution in [0.5, 0.6) is 0 Å². The van der Waals surface area contributed by atoms with Gasteiger partial charge in [0.25, 0.3) is 0 Å². The van der Waals surface area contributed by atoms with Gasteiger partial charge >= 0.3 is 0 Å². The Hall–Kier alpha value is -2.53. The molecule has 4 rings (SSSR count). The van der Waals surface area contributed by atoms with Crippen LogP contribution in [0, 0.1) is 6.92 Å². The summed E-state index contributed by atoms with van der Waals surface area (Å²) in [6.07, 6.45) is 6.96. The summed E-state index contributed by atoms with van der Waals surface area (Å²) >= 11 is 0. The van der Waals surface area contributed by atoms with Crippen LogP contribution in [-0.4, -0.2) is 26.6 Å². The van der Waals surface area contributed by atoms with Crippen LogP contribution in [-0.2, 0) is 6.54 Å². The number of rotatable bonds is 4. The van der Waals surface area contributed by atoms with Crippen LogP contribution < -0.4 is 0 Å². The fourth-order valence-corrected chi connectivity index (χ4v) is 3.45. The van der Waals surface area contributed by atoms with Gasteiger partial charge in [0.2, 0.25) is 11.7 Å². The van der Waals surface area contributed by atoms with E-state index >= 15 is 0 Å². The Bertz CT molecular complexity index is 830. The molecule has 1 fully saturated rings. The van der Waals surface area contributed by atoms with Crippen LogP contribution >= 0.6 is 0 Å². The Morgan fingerprint density at radius 3 is 2.80 bits per heavy atom. The smallest absolute Gasteiger partial charge is 0.244 e. The summed E-state index contributed by atoms with van der Waals surface area (Å²) in [6, 6.07) is 12.6. The summed E-state index contributed by atoms with van der Waals surface area (Å²) in [6.45, 7) is 4.15. The molecule has 0 amide bonds. The number of piperidine rings is 1. The Morgan fingerprint density at radius 1 is 1.12 bits per heavy atom. The molecule has 0 unspecified atom stereocenters. The summed E-state index contributed by atoms with van der Waals surface area (Å²) in [5, 5.41) is 4.18. The molecule has 1 atom stereocenters. The zero-order valence-electron chi connectivity index (χ0n) is 14.4. The van der Waals surface area contributed by atoms with Gasteiger partial charge in [-0.3, -0.25) is 9.88 Å². The molecule has 0 aliphatic carbocycles. The molecule has 5 heteroatoms. The Morgan fingerprint density at radius 2 is 1.96 bits per heavy atom. The summed E-state index contributed by atoms with van der Waals surface area (Å²) in [5.41, 5.74) is 3.63. The first-order valence-electron chi connectivity index (χ1n) is 8.84. The van der Waals surface area contributed by atoms with Gasteiger partial charge in [-0.15, -0.1) is 0 Å². The second kappa shape index (κ2) is 7.15. The van der Waals surface area contributed by atoms with E-state index in [-0.39, 0.29) is 6.04 Å². The van der Waals surface area contributed by atoms with Crippen LogP contribution in [0.1, 0.15) is 42.3 Å². The van der Waals surface area contributed by atoms with E-state index in [4.69, 9.17) is 4.52 Å². The van der Waals surface area contributed by atoms with Gasteiger partial charge in [0.05, 0.1) is 6.04 Å². The van der Waals surface area contributed by atoms with Gasteiger partial charge in [-0.2, -0.15) is 4.98 Å². The number of likely N-dealkylation sites (tertiary alicyclic amines) is 1. The van der Waals surface area contributed by atoms with Crippen LogP contribution in [0.4, 0.5) is 0 Å². The van der Waals surface area contributed by atoms with Crippen LogP contribution in [0.25, 0.3) is 11.4 Å². The van der Waals surface area contributed by atoms with E-state index in [1.54, 1.807) is 12.4 Å². The number of hydrogen-bond donors (Lipinski definition) is 0. The lowest BCUT2D eigenvalue weighted by Gasteiger charge is -2.33. The third kappa shape index (κ3) is 3.46. The molecule has 1 aromatic carbocycles. The lowest BCUT2D eigenvalue weighted by atomic mass is 10.00. The van der Waals surface area contributed by atoms with Gasteiger partial charge in [-0.05, 0) is 49.6 Å². The van der Waals surface area contributed by atoms with Crippen molar-refractivity contribution in [2.45, 2.75) is 38.8 Å². The minimum atomic E-state index is 0.191. The summed E-state index contributed by atoms with van der Waals surface area (Å²) < 4.78 is 5.63.